The van der Waals surface area contributed by atoms with Gasteiger partial charge in [-0.3, -0.25) is 4.79 Å². The number of benzene rings is 2. The molecule has 0 saturated heterocycles. The third-order valence-electron chi connectivity index (χ3n) is 4.25. The molecule has 0 atom stereocenters. The molecule has 3 aromatic rings. The van der Waals surface area contributed by atoms with E-state index in [4.69, 9.17) is 14.2 Å². The summed E-state index contributed by atoms with van der Waals surface area (Å²) >= 11 is 1.45. The van der Waals surface area contributed by atoms with E-state index in [1.165, 1.54) is 11.3 Å². The van der Waals surface area contributed by atoms with Crippen LogP contribution in [0.2, 0.25) is 0 Å². The largest absolute Gasteiger partial charge is 0.497 e. The first-order chi connectivity index (χ1) is 13.5. The van der Waals surface area contributed by atoms with Crippen molar-refractivity contribution in [1.29, 1.82) is 0 Å². The van der Waals surface area contributed by atoms with Crippen molar-refractivity contribution in [3.05, 3.63) is 52.9 Å². The number of hydrogen-bond donors (Lipinski definition) is 1. The lowest BCUT2D eigenvalue weighted by Gasteiger charge is -2.10. The van der Waals surface area contributed by atoms with Gasteiger partial charge in [-0.15, -0.1) is 11.3 Å². The first-order valence-electron chi connectivity index (χ1n) is 8.66. The smallest absolute Gasteiger partial charge is 0.230 e. The number of ether oxygens (including phenoxy) is 3. The van der Waals surface area contributed by atoms with Crippen LogP contribution in [0.4, 0.5) is 5.13 Å². The van der Waals surface area contributed by atoms with Gasteiger partial charge in [0.2, 0.25) is 5.91 Å². The number of aryl methyl sites for hydroxylation is 1. The van der Waals surface area contributed by atoms with Gasteiger partial charge in [0, 0.05) is 22.1 Å². The molecule has 0 aliphatic heterocycles. The van der Waals surface area contributed by atoms with Gasteiger partial charge in [-0.2, -0.15) is 0 Å². The minimum Gasteiger partial charge on any atom is -0.497 e. The quantitative estimate of drug-likeness (QED) is 0.642. The number of carbonyl (C=O) groups is 1. The van der Waals surface area contributed by atoms with E-state index in [1.807, 2.05) is 37.3 Å². The lowest BCUT2D eigenvalue weighted by molar-refractivity contribution is -0.115. The second-order valence-electron chi connectivity index (χ2n) is 6.06. The maximum Gasteiger partial charge on any atom is 0.230 e. The van der Waals surface area contributed by atoms with Crippen LogP contribution in [-0.4, -0.2) is 32.2 Å². The highest BCUT2D eigenvalue weighted by Crippen LogP contribution is 2.31. The van der Waals surface area contributed by atoms with Crippen LogP contribution < -0.4 is 19.5 Å². The Kier molecular flexibility index (Phi) is 6.16. The molecule has 1 amide bonds. The molecule has 0 aliphatic rings. The number of methoxy groups -OCH3 is 3. The SMILES string of the molecule is COc1ccc(-c2nc(NC(=O)Cc3ccc(OC)cc3OC)sc2C)cc1. The van der Waals surface area contributed by atoms with Crippen LogP contribution in [0.3, 0.4) is 0 Å². The van der Waals surface area contributed by atoms with Crippen LogP contribution in [0.15, 0.2) is 42.5 Å². The number of nitrogens with one attached hydrogen (secondary N) is 1. The molecule has 1 heterocycles. The Morgan fingerprint density at radius 3 is 2.32 bits per heavy atom. The number of amides is 1. The first-order valence-corrected chi connectivity index (χ1v) is 9.48. The van der Waals surface area contributed by atoms with Crippen molar-refractivity contribution in [3.8, 4) is 28.5 Å². The van der Waals surface area contributed by atoms with Gasteiger partial charge in [0.25, 0.3) is 0 Å². The van der Waals surface area contributed by atoms with Gasteiger partial charge < -0.3 is 19.5 Å². The first kappa shape index (κ1) is 19.7. The van der Waals surface area contributed by atoms with E-state index in [-0.39, 0.29) is 12.3 Å². The summed E-state index contributed by atoms with van der Waals surface area (Å²) in [7, 11) is 4.79. The second kappa shape index (κ2) is 8.75. The van der Waals surface area contributed by atoms with E-state index in [9.17, 15) is 4.79 Å². The molecular formula is C21H22N2O4S. The maximum atomic E-state index is 12.5. The number of anilines is 1. The van der Waals surface area contributed by atoms with Gasteiger partial charge in [0.1, 0.15) is 17.2 Å². The Morgan fingerprint density at radius 2 is 1.68 bits per heavy atom. The van der Waals surface area contributed by atoms with Crippen molar-refractivity contribution >= 4 is 22.4 Å². The Hall–Kier alpha value is -3.06. The molecule has 146 valence electrons. The fourth-order valence-electron chi connectivity index (χ4n) is 2.80. The van der Waals surface area contributed by atoms with E-state index in [0.29, 0.717) is 16.6 Å². The fraction of sp³-hybridized carbons (Fsp3) is 0.238. The number of thiazole rings is 1. The number of carbonyl (C=O) groups excluding carboxylic acids is 1. The normalized spacial score (nSPS) is 10.4. The molecule has 0 saturated carbocycles. The molecule has 0 bridgehead atoms. The molecule has 7 heteroatoms. The standard InChI is InChI=1S/C21H22N2O4S/c1-13-20(14-5-8-16(25-2)9-6-14)23-21(28-13)22-19(24)11-15-7-10-17(26-3)12-18(15)27-4/h5-10,12H,11H2,1-4H3,(H,22,23,24). The molecule has 28 heavy (non-hydrogen) atoms. The summed E-state index contributed by atoms with van der Waals surface area (Å²) < 4.78 is 15.7. The zero-order valence-corrected chi connectivity index (χ0v) is 17.1. The molecule has 1 N–H and O–H groups in total. The van der Waals surface area contributed by atoms with Crippen LogP contribution in [0.25, 0.3) is 11.3 Å². The summed E-state index contributed by atoms with van der Waals surface area (Å²) in [6.45, 7) is 1.99. The van der Waals surface area contributed by atoms with Crippen LogP contribution in [0.1, 0.15) is 10.4 Å². The highest BCUT2D eigenvalue weighted by Gasteiger charge is 2.14. The van der Waals surface area contributed by atoms with Crippen LogP contribution in [-0.2, 0) is 11.2 Å². The minimum atomic E-state index is -0.154. The summed E-state index contributed by atoms with van der Waals surface area (Å²) in [5, 5.41) is 3.45. The fourth-order valence-corrected chi connectivity index (χ4v) is 3.65. The van der Waals surface area contributed by atoms with Gasteiger partial charge in [0.05, 0.1) is 33.4 Å². The van der Waals surface area contributed by atoms with Crippen molar-refractivity contribution in [3.63, 3.8) is 0 Å². The lowest BCUT2D eigenvalue weighted by Crippen LogP contribution is -2.14. The van der Waals surface area contributed by atoms with E-state index in [1.54, 1.807) is 33.5 Å². The molecule has 6 nitrogen and oxygen atoms in total. The Labute approximate surface area is 168 Å². The van der Waals surface area contributed by atoms with Gasteiger partial charge in [0.15, 0.2) is 5.13 Å². The van der Waals surface area contributed by atoms with E-state index in [2.05, 4.69) is 10.3 Å². The average molecular weight is 398 g/mol. The number of aromatic nitrogens is 1. The van der Waals surface area contributed by atoms with E-state index in [0.717, 1.165) is 27.4 Å². The molecule has 3 rings (SSSR count). The maximum absolute atomic E-state index is 12.5. The van der Waals surface area contributed by atoms with Crippen molar-refractivity contribution in [1.82, 2.24) is 4.98 Å². The number of nitrogens with zero attached hydrogens (tertiary/aromatic N) is 1. The summed E-state index contributed by atoms with van der Waals surface area (Å²) in [4.78, 5) is 18.1. The topological polar surface area (TPSA) is 69.7 Å². The lowest BCUT2D eigenvalue weighted by atomic mass is 10.1. The van der Waals surface area contributed by atoms with Crippen LogP contribution in [0, 0.1) is 6.92 Å². The van der Waals surface area contributed by atoms with Crippen molar-refractivity contribution in [2.75, 3.05) is 26.6 Å². The zero-order chi connectivity index (χ0) is 20.1. The Morgan fingerprint density at radius 1 is 1.00 bits per heavy atom. The Bertz CT molecular complexity index is 967. The Balaban J connectivity index is 1.73. The molecule has 0 spiro atoms. The highest BCUT2D eigenvalue weighted by atomic mass is 32.1. The third kappa shape index (κ3) is 4.43. The average Bonchev–Trinajstić information content (AvgIpc) is 3.08. The summed E-state index contributed by atoms with van der Waals surface area (Å²) in [6.07, 6.45) is 0.184. The summed E-state index contributed by atoms with van der Waals surface area (Å²) in [5.41, 5.74) is 2.61. The van der Waals surface area contributed by atoms with Gasteiger partial charge in [-0.1, -0.05) is 6.07 Å². The molecule has 0 aliphatic carbocycles. The van der Waals surface area contributed by atoms with Crippen molar-refractivity contribution in [2.24, 2.45) is 0 Å². The van der Waals surface area contributed by atoms with E-state index >= 15 is 0 Å². The molecular weight excluding hydrogens is 376 g/mol. The minimum absolute atomic E-state index is 0.154. The van der Waals surface area contributed by atoms with Gasteiger partial charge in [-0.25, -0.2) is 4.98 Å². The van der Waals surface area contributed by atoms with Crippen molar-refractivity contribution < 1.29 is 19.0 Å². The molecule has 1 aromatic heterocycles. The molecule has 2 aromatic carbocycles. The second-order valence-corrected chi connectivity index (χ2v) is 7.26. The van der Waals surface area contributed by atoms with Crippen LogP contribution >= 0.6 is 11.3 Å². The highest BCUT2D eigenvalue weighted by molar-refractivity contribution is 7.16. The summed E-state index contributed by atoms with van der Waals surface area (Å²) in [5.74, 6) is 1.93. The van der Waals surface area contributed by atoms with Gasteiger partial charge >= 0.3 is 0 Å². The zero-order valence-electron chi connectivity index (χ0n) is 16.2. The number of rotatable bonds is 7. The van der Waals surface area contributed by atoms with Crippen molar-refractivity contribution in [2.45, 2.75) is 13.3 Å². The predicted octanol–water partition coefficient (Wildman–Crippen LogP) is 4.33. The monoisotopic (exact) mass is 398 g/mol. The number of hydrogen-bond acceptors (Lipinski definition) is 6. The molecule has 0 fully saturated rings. The molecule has 0 unspecified atom stereocenters. The molecule has 0 radical (unpaired) electrons. The summed E-state index contributed by atoms with van der Waals surface area (Å²) in [6, 6.07) is 13.1. The van der Waals surface area contributed by atoms with Gasteiger partial charge in [-0.05, 0) is 37.3 Å². The predicted molar refractivity (Wildman–Crippen MR) is 111 cm³/mol. The van der Waals surface area contributed by atoms with Crippen LogP contribution in [0.5, 0.6) is 17.2 Å². The van der Waals surface area contributed by atoms with E-state index < -0.39 is 0 Å². The third-order valence-corrected chi connectivity index (χ3v) is 5.14.